The highest BCUT2D eigenvalue weighted by molar-refractivity contribution is 5.71. The van der Waals surface area contributed by atoms with Crippen molar-refractivity contribution >= 4 is 5.97 Å². The molecule has 0 bridgehead atoms. The summed E-state index contributed by atoms with van der Waals surface area (Å²) in [5, 5.41) is 0. The van der Waals surface area contributed by atoms with Crippen LogP contribution < -0.4 is 5.73 Å². The average Bonchev–Trinajstić information content (AvgIpc) is 2.76. The van der Waals surface area contributed by atoms with Gasteiger partial charge < -0.3 is 15.2 Å². The lowest BCUT2D eigenvalue weighted by molar-refractivity contribution is -0.146. The molecule has 0 amide bonds. The summed E-state index contributed by atoms with van der Waals surface area (Å²) in [6.07, 6.45) is -9.71. The molecular weight excluding hydrogens is 464 g/mol. The molecular formula is C24H25F6NO3. The highest BCUT2D eigenvalue weighted by Crippen LogP contribution is 2.49. The van der Waals surface area contributed by atoms with E-state index in [9.17, 15) is 31.1 Å². The number of carbonyl (C=O) groups is 1. The van der Waals surface area contributed by atoms with Crippen LogP contribution >= 0.6 is 0 Å². The standard InChI is InChI=1S/C24H25F6NO3/c1-15(17-7-19(23(25,26)27)9-20(8-17)24(28,29)30)34-14-22(18-5-3-2-4-6-18)10-16(11-22)13-33-21(32)12-31/h2-9,15-16H,10-14,31H2,1H3/t15-,16?,22?/m1/s1. The zero-order chi connectivity index (χ0) is 25.1. The van der Waals surface area contributed by atoms with Gasteiger partial charge in [0.25, 0.3) is 0 Å². The Hall–Kier alpha value is -2.59. The summed E-state index contributed by atoms with van der Waals surface area (Å²) in [6, 6.07) is 10.8. The molecule has 10 heteroatoms. The molecule has 0 heterocycles. The number of halogens is 6. The summed E-state index contributed by atoms with van der Waals surface area (Å²) in [4.78, 5) is 11.3. The van der Waals surface area contributed by atoms with Gasteiger partial charge in [-0.2, -0.15) is 26.3 Å². The molecule has 0 radical (unpaired) electrons. The number of alkyl halides is 6. The molecule has 0 saturated heterocycles. The summed E-state index contributed by atoms with van der Waals surface area (Å²) in [7, 11) is 0. The number of rotatable bonds is 8. The van der Waals surface area contributed by atoms with Gasteiger partial charge in [0.1, 0.15) is 0 Å². The minimum atomic E-state index is -4.93. The Morgan fingerprint density at radius 3 is 2.09 bits per heavy atom. The summed E-state index contributed by atoms with van der Waals surface area (Å²) in [5.74, 6) is -0.480. The molecule has 34 heavy (non-hydrogen) atoms. The third-order valence-electron chi connectivity index (χ3n) is 6.08. The van der Waals surface area contributed by atoms with E-state index in [1.165, 1.54) is 6.92 Å². The smallest absolute Gasteiger partial charge is 0.416 e. The van der Waals surface area contributed by atoms with Crippen LogP contribution in [0.5, 0.6) is 0 Å². The van der Waals surface area contributed by atoms with Gasteiger partial charge in [-0.3, -0.25) is 4.79 Å². The minimum absolute atomic E-state index is 0.0417. The van der Waals surface area contributed by atoms with Gasteiger partial charge in [-0.15, -0.1) is 0 Å². The number of carbonyl (C=O) groups excluding carboxylic acids is 1. The number of esters is 1. The van der Waals surface area contributed by atoms with Crippen LogP contribution in [0.25, 0.3) is 0 Å². The Labute approximate surface area is 193 Å². The van der Waals surface area contributed by atoms with Gasteiger partial charge in [-0.05, 0) is 55.0 Å². The molecule has 0 aliphatic heterocycles. The van der Waals surface area contributed by atoms with Crippen LogP contribution in [0, 0.1) is 5.92 Å². The monoisotopic (exact) mass is 489 g/mol. The molecule has 0 spiro atoms. The topological polar surface area (TPSA) is 61.5 Å². The SMILES string of the molecule is C[C@@H](OCC1(c2ccccc2)CC(COC(=O)CN)C1)c1cc(C(F)(F)F)cc(C(F)(F)F)c1. The van der Waals surface area contributed by atoms with E-state index in [1.807, 2.05) is 30.3 Å². The van der Waals surface area contributed by atoms with Crippen LogP contribution in [-0.4, -0.2) is 25.7 Å². The van der Waals surface area contributed by atoms with E-state index in [2.05, 4.69) is 0 Å². The first kappa shape index (κ1) is 26.0. The highest BCUT2D eigenvalue weighted by atomic mass is 19.4. The Morgan fingerprint density at radius 1 is 1.03 bits per heavy atom. The molecule has 1 aliphatic carbocycles. The lowest BCUT2D eigenvalue weighted by Crippen LogP contribution is -2.47. The first-order valence-electron chi connectivity index (χ1n) is 10.7. The maximum Gasteiger partial charge on any atom is 0.416 e. The largest absolute Gasteiger partial charge is 0.464 e. The van der Waals surface area contributed by atoms with E-state index in [0.717, 1.165) is 5.56 Å². The van der Waals surface area contributed by atoms with E-state index < -0.39 is 41.0 Å². The zero-order valence-electron chi connectivity index (χ0n) is 18.4. The zero-order valence-corrected chi connectivity index (χ0v) is 18.4. The van der Waals surface area contributed by atoms with Gasteiger partial charge >= 0.3 is 18.3 Å². The van der Waals surface area contributed by atoms with Gasteiger partial charge in [-0.25, -0.2) is 0 Å². The van der Waals surface area contributed by atoms with E-state index in [1.54, 1.807) is 0 Å². The molecule has 1 saturated carbocycles. The molecule has 0 unspecified atom stereocenters. The van der Waals surface area contributed by atoms with Crippen LogP contribution in [0.3, 0.4) is 0 Å². The lowest BCUT2D eigenvalue weighted by atomic mass is 9.59. The highest BCUT2D eigenvalue weighted by Gasteiger charge is 2.46. The van der Waals surface area contributed by atoms with Crippen molar-refractivity contribution in [1.82, 2.24) is 0 Å². The van der Waals surface area contributed by atoms with Crippen molar-refractivity contribution in [3.05, 3.63) is 70.8 Å². The Kier molecular flexibility index (Phi) is 7.62. The lowest BCUT2D eigenvalue weighted by Gasteiger charge is -2.48. The predicted octanol–water partition coefficient (Wildman–Crippen LogP) is 5.65. The van der Waals surface area contributed by atoms with Gasteiger partial charge in [0.05, 0.1) is 37.0 Å². The fraction of sp³-hybridized carbons (Fsp3) is 0.458. The van der Waals surface area contributed by atoms with Crippen LogP contribution in [0.2, 0.25) is 0 Å². The second-order valence-electron chi connectivity index (χ2n) is 8.60. The molecule has 1 fully saturated rings. The second-order valence-corrected chi connectivity index (χ2v) is 8.60. The first-order chi connectivity index (χ1) is 15.8. The summed E-state index contributed by atoms with van der Waals surface area (Å²) in [5.41, 5.74) is 2.71. The fourth-order valence-corrected chi connectivity index (χ4v) is 4.26. The van der Waals surface area contributed by atoms with Crippen LogP contribution in [0.4, 0.5) is 26.3 Å². The Bertz CT molecular complexity index is 952. The quantitative estimate of drug-likeness (QED) is 0.385. The summed E-state index contributed by atoms with van der Waals surface area (Å²) in [6.45, 7) is 1.46. The van der Waals surface area contributed by atoms with Gasteiger partial charge in [-0.1, -0.05) is 30.3 Å². The van der Waals surface area contributed by atoms with Gasteiger partial charge in [0.2, 0.25) is 0 Å². The number of nitrogens with two attached hydrogens (primary N) is 1. The minimum Gasteiger partial charge on any atom is -0.464 e. The number of hydrogen-bond acceptors (Lipinski definition) is 4. The first-order valence-corrected chi connectivity index (χ1v) is 10.7. The third kappa shape index (κ3) is 6.09. The Balaban J connectivity index is 1.78. The number of benzene rings is 2. The average molecular weight is 489 g/mol. The van der Waals surface area contributed by atoms with Crippen LogP contribution in [-0.2, 0) is 32.0 Å². The molecule has 2 N–H and O–H groups in total. The predicted molar refractivity (Wildman–Crippen MR) is 112 cm³/mol. The second kappa shape index (κ2) is 9.95. The Morgan fingerprint density at radius 2 is 1.59 bits per heavy atom. The maximum atomic E-state index is 13.2. The van der Waals surface area contributed by atoms with Gasteiger partial charge in [0, 0.05) is 5.41 Å². The number of ether oxygens (including phenoxy) is 2. The van der Waals surface area contributed by atoms with E-state index >= 15 is 0 Å². The van der Waals surface area contributed by atoms with E-state index in [-0.39, 0.29) is 37.3 Å². The molecule has 1 aliphatic rings. The van der Waals surface area contributed by atoms with Crippen molar-refractivity contribution in [3.63, 3.8) is 0 Å². The normalized spacial score (nSPS) is 21.6. The van der Waals surface area contributed by atoms with Crippen molar-refractivity contribution in [1.29, 1.82) is 0 Å². The molecule has 2 aromatic carbocycles. The molecule has 3 rings (SSSR count). The molecule has 0 aromatic heterocycles. The summed E-state index contributed by atoms with van der Waals surface area (Å²) < 4.78 is 90.2. The van der Waals surface area contributed by atoms with Crippen molar-refractivity contribution in [3.8, 4) is 0 Å². The van der Waals surface area contributed by atoms with Crippen molar-refractivity contribution in [2.75, 3.05) is 19.8 Å². The maximum absolute atomic E-state index is 13.2. The molecule has 1 atom stereocenters. The van der Waals surface area contributed by atoms with Crippen molar-refractivity contribution in [2.45, 2.75) is 43.6 Å². The van der Waals surface area contributed by atoms with Crippen molar-refractivity contribution in [2.24, 2.45) is 11.7 Å². The fourth-order valence-electron chi connectivity index (χ4n) is 4.26. The molecule has 4 nitrogen and oxygen atoms in total. The van der Waals surface area contributed by atoms with Crippen molar-refractivity contribution < 1.29 is 40.6 Å². The van der Waals surface area contributed by atoms with E-state index in [0.29, 0.717) is 25.0 Å². The number of hydrogen-bond donors (Lipinski definition) is 1. The van der Waals surface area contributed by atoms with Gasteiger partial charge in [0.15, 0.2) is 0 Å². The van der Waals surface area contributed by atoms with Crippen LogP contribution in [0.15, 0.2) is 48.5 Å². The molecule has 186 valence electrons. The van der Waals surface area contributed by atoms with Crippen LogP contribution in [0.1, 0.15) is 48.1 Å². The summed E-state index contributed by atoms with van der Waals surface area (Å²) >= 11 is 0. The third-order valence-corrected chi connectivity index (χ3v) is 6.08. The molecule has 2 aromatic rings. The van der Waals surface area contributed by atoms with E-state index in [4.69, 9.17) is 15.2 Å².